The second kappa shape index (κ2) is 8.63. The molecular formula is C20H27N. The summed E-state index contributed by atoms with van der Waals surface area (Å²) in [6, 6.07) is 20.2. The largest absolute Gasteiger partial charge is 0.314 e. The minimum atomic E-state index is 0.562. The summed E-state index contributed by atoms with van der Waals surface area (Å²) in [7, 11) is 0. The third-order valence-corrected chi connectivity index (χ3v) is 3.87. The second-order valence-electron chi connectivity index (χ2n) is 5.87. The van der Waals surface area contributed by atoms with Gasteiger partial charge in [-0.25, -0.2) is 0 Å². The molecule has 0 saturated carbocycles. The average molecular weight is 281 g/mol. The summed E-state index contributed by atoms with van der Waals surface area (Å²) in [5.41, 5.74) is 4.23. The van der Waals surface area contributed by atoms with Gasteiger partial charge < -0.3 is 5.32 Å². The molecule has 2 aromatic carbocycles. The van der Waals surface area contributed by atoms with Gasteiger partial charge in [-0.1, -0.05) is 67.1 Å². The lowest BCUT2D eigenvalue weighted by molar-refractivity contribution is 0.477. The van der Waals surface area contributed by atoms with Crippen LogP contribution in [0.3, 0.4) is 0 Å². The molecule has 0 heterocycles. The van der Waals surface area contributed by atoms with Crippen LogP contribution in [-0.2, 0) is 12.8 Å². The van der Waals surface area contributed by atoms with E-state index in [-0.39, 0.29) is 0 Å². The molecule has 1 unspecified atom stereocenters. The maximum Gasteiger partial charge on any atom is 0.0111 e. The molecule has 0 saturated heterocycles. The Hall–Kier alpha value is -1.60. The number of hydrogen-bond donors (Lipinski definition) is 1. The van der Waals surface area contributed by atoms with Gasteiger partial charge in [0, 0.05) is 6.04 Å². The van der Waals surface area contributed by atoms with Gasteiger partial charge in [0.2, 0.25) is 0 Å². The van der Waals surface area contributed by atoms with Gasteiger partial charge in [-0.15, -0.1) is 0 Å². The first-order chi connectivity index (χ1) is 10.3. The van der Waals surface area contributed by atoms with Gasteiger partial charge in [-0.2, -0.15) is 0 Å². The second-order valence-corrected chi connectivity index (χ2v) is 5.87. The van der Waals surface area contributed by atoms with Crippen LogP contribution >= 0.6 is 0 Å². The molecule has 0 aromatic heterocycles. The van der Waals surface area contributed by atoms with Crippen LogP contribution in [0.1, 0.15) is 36.5 Å². The van der Waals surface area contributed by atoms with E-state index in [1.807, 2.05) is 0 Å². The van der Waals surface area contributed by atoms with E-state index < -0.39 is 0 Å². The predicted octanol–water partition coefficient (Wildman–Crippen LogP) is 4.54. The van der Waals surface area contributed by atoms with Crippen molar-refractivity contribution in [2.75, 3.05) is 6.54 Å². The molecule has 0 amide bonds. The summed E-state index contributed by atoms with van der Waals surface area (Å²) in [6.07, 6.45) is 4.65. The van der Waals surface area contributed by atoms with Crippen LogP contribution in [0, 0.1) is 6.92 Å². The van der Waals surface area contributed by atoms with Gasteiger partial charge in [0.05, 0.1) is 0 Å². The van der Waals surface area contributed by atoms with Crippen LogP contribution in [0.2, 0.25) is 0 Å². The SMILES string of the molecule is CCCNC(CCc1ccccc1)Cc1cccc(C)c1. The molecule has 1 atom stereocenters. The van der Waals surface area contributed by atoms with Crippen molar-refractivity contribution in [3.8, 4) is 0 Å². The number of nitrogens with one attached hydrogen (secondary N) is 1. The van der Waals surface area contributed by atoms with E-state index in [2.05, 4.69) is 73.8 Å². The zero-order valence-electron chi connectivity index (χ0n) is 13.3. The molecule has 0 radical (unpaired) electrons. The molecule has 1 heteroatoms. The van der Waals surface area contributed by atoms with Crippen molar-refractivity contribution < 1.29 is 0 Å². The van der Waals surface area contributed by atoms with E-state index in [1.165, 1.54) is 29.5 Å². The highest BCUT2D eigenvalue weighted by atomic mass is 14.9. The highest BCUT2D eigenvalue weighted by molar-refractivity contribution is 5.23. The quantitative estimate of drug-likeness (QED) is 0.749. The summed E-state index contributed by atoms with van der Waals surface area (Å²) in [5, 5.41) is 3.71. The molecule has 0 fully saturated rings. The van der Waals surface area contributed by atoms with Gasteiger partial charge in [0.25, 0.3) is 0 Å². The zero-order valence-corrected chi connectivity index (χ0v) is 13.3. The maximum atomic E-state index is 3.71. The third kappa shape index (κ3) is 5.73. The summed E-state index contributed by atoms with van der Waals surface area (Å²) in [4.78, 5) is 0. The first-order valence-corrected chi connectivity index (χ1v) is 8.10. The Kier molecular flexibility index (Phi) is 6.49. The lowest BCUT2D eigenvalue weighted by Gasteiger charge is -2.19. The number of aryl methyl sites for hydroxylation is 2. The number of hydrogen-bond acceptors (Lipinski definition) is 1. The first-order valence-electron chi connectivity index (χ1n) is 8.10. The zero-order chi connectivity index (χ0) is 14.9. The van der Waals surface area contributed by atoms with E-state index in [0.717, 1.165) is 19.4 Å². The van der Waals surface area contributed by atoms with Crippen LogP contribution in [0.25, 0.3) is 0 Å². The molecule has 0 aliphatic carbocycles. The van der Waals surface area contributed by atoms with Crippen LogP contribution in [0.5, 0.6) is 0 Å². The van der Waals surface area contributed by atoms with E-state index in [9.17, 15) is 0 Å². The normalized spacial score (nSPS) is 12.3. The molecule has 0 bridgehead atoms. The minimum Gasteiger partial charge on any atom is -0.314 e. The number of benzene rings is 2. The monoisotopic (exact) mass is 281 g/mol. The fourth-order valence-electron chi connectivity index (χ4n) is 2.73. The van der Waals surface area contributed by atoms with Crippen molar-refractivity contribution in [1.82, 2.24) is 5.32 Å². The van der Waals surface area contributed by atoms with E-state index in [1.54, 1.807) is 0 Å². The van der Waals surface area contributed by atoms with Crippen LogP contribution in [0.15, 0.2) is 54.6 Å². The maximum absolute atomic E-state index is 3.71. The van der Waals surface area contributed by atoms with Crippen LogP contribution in [0.4, 0.5) is 0 Å². The van der Waals surface area contributed by atoms with Crippen LogP contribution < -0.4 is 5.32 Å². The molecular weight excluding hydrogens is 254 g/mol. The molecule has 0 aliphatic rings. The number of rotatable bonds is 8. The van der Waals surface area contributed by atoms with Gasteiger partial charge in [-0.3, -0.25) is 0 Å². The first kappa shape index (κ1) is 15.8. The third-order valence-electron chi connectivity index (χ3n) is 3.87. The van der Waals surface area contributed by atoms with Gasteiger partial charge in [-0.05, 0) is 50.3 Å². The van der Waals surface area contributed by atoms with Crippen LogP contribution in [-0.4, -0.2) is 12.6 Å². The Morgan fingerprint density at radius 2 is 1.71 bits per heavy atom. The van der Waals surface area contributed by atoms with Gasteiger partial charge >= 0.3 is 0 Å². The van der Waals surface area contributed by atoms with E-state index in [4.69, 9.17) is 0 Å². The summed E-state index contributed by atoms with van der Waals surface area (Å²) >= 11 is 0. The Morgan fingerprint density at radius 3 is 2.43 bits per heavy atom. The molecule has 1 nitrogen and oxygen atoms in total. The molecule has 21 heavy (non-hydrogen) atoms. The standard InChI is InChI=1S/C20H27N/c1-3-14-21-20(13-12-18-9-5-4-6-10-18)16-19-11-7-8-17(2)15-19/h4-11,15,20-21H,3,12-14,16H2,1-2H3. The Labute approximate surface area is 129 Å². The van der Waals surface area contributed by atoms with Crippen molar-refractivity contribution in [3.05, 3.63) is 71.3 Å². The highest BCUT2D eigenvalue weighted by Crippen LogP contribution is 2.12. The lowest BCUT2D eigenvalue weighted by atomic mass is 9.98. The topological polar surface area (TPSA) is 12.0 Å². The molecule has 112 valence electrons. The van der Waals surface area contributed by atoms with Gasteiger partial charge in [0.15, 0.2) is 0 Å². The fraction of sp³-hybridized carbons (Fsp3) is 0.400. The molecule has 2 aromatic rings. The van der Waals surface area contributed by atoms with Crippen molar-refractivity contribution in [2.45, 2.75) is 45.6 Å². The van der Waals surface area contributed by atoms with Crippen molar-refractivity contribution >= 4 is 0 Å². The minimum absolute atomic E-state index is 0.562. The van der Waals surface area contributed by atoms with E-state index in [0.29, 0.717) is 6.04 Å². The Bertz CT molecular complexity index is 518. The summed E-state index contributed by atoms with van der Waals surface area (Å²) in [5.74, 6) is 0. The predicted molar refractivity (Wildman–Crippen MR) is 91.7 cm³/mol. The Morgan fingerprint density at radius 1 is 0.952 bits per heavy atom. The summed E-state index contributed by atoms with van der Waals surface area (Å²) in [6.45, 7) is 5.50. The van der Waals surface area contributed by atoms with Crippen molar-refractivity contribution in [3.63, 3.8) is 0 Å². The smallest absolute Gasteiger partial charge is 0.0111 e. The van der Waals surface area contributed by atoms with E-state index >= 15 is 0 Å². The molecule has 2 rings (SSSR count). The molecule has 1 N–H and O–H groups in total. The van der Waals surface area contributed by atoms with Gasteiger partial charge in [0.1, 0.15) is 0 Å². The summed E-state index contributed by atoms with van der Waals surface area (Å²) < 4.78 is 0. The molecule has 0 aliphatic heterocycles. The molecule has 0 spiro atoms. The fourth-order valence-corrected chi connectivity index (χ4v) is 2.73. The lowest BCUT2D eigenvalue weighted by Crippen LogP contribution is -2.32. The Balaban J connectivity index is 1.94. The highest BCUT2D eigenvalue weighted by Gasteiger charge is 2.09. The van der Waals surface area contributed by atoms with Crippen molar-refractivity contribution in [2.24, 2.45) is 0 Å². The average Bonchev–Trinajstić information content (AvgIpc) is 2.51. The van der Waals surface area contributed by atoms with Crippen molar-refractivity contribution in [1.29, 1.82) is 0 Å².